The second-order valence-electron chi connectivity index (χ2n) is 3.45. The van der Waals surface area contributed by atoms with Crippen molar-refractivity contribution in [3.8, 4) is 0 Å². The number of aliphatic hydroxyl groups is 4. The van der Waals surface area contributed by atoms with E-state index in [0.29, 0.717) is 0 Å². The molecule has 0 amide bonds. The molecule has 1 saturated heterocycles. The van der Waals surface area contributed by atoms with E-state index in [1.165, 1.54) is 0 Å². The first kappa shape index (κ1) is 13.3. The van der Waals surface area contributed by atoms with Crippen molar-refractivity contribution >= 4 is 5.97 Å². The van der Waals surface area contributed by atoms with E-state index in [4.69, 9.17) is 20.1 Å². The molecule has 8 heteroatoms. The third-order valence-electron chi connectivity index (χ3n) is 2.19. The molecular weight excluding hydrogens is 224 g/mol. The van der Waals surface area contributed by atoms with E-state index in [9.17, 15) is 15.0 Å². The first-order valence-electron chi connectivity index (χ1n) is 4.60. The molecule has 1 rings (SSSR count). The Morgan fingerprint density at radius 2 is 1.75 bits per heavy atom. The molecule has 0 unspecified atom stereocenters. The highest BCUT2D eigenvalue weighted by molar-refractivity contribution is 5.67. The minimum atomic E-state index is -1.64. The van der Waals surface area contributed by atoms with Gasteiger partial charge in [-0.15, -0.1) is 0 Å². The fourth-order valence-electron chi connectivity index (χ4n) is 1.33. The minimum absolute atomic E-state index is 0.311. The molecular formula is C8H14O8. The lowest BCUT2D eigenvalue weighted by molar-refractivity contribution is -0.288. The number of hydrogen-bond donors (Lipinski definition) is 5. The SMILES string of the molecule is O=C(O)COC[C@H]1O[C@@H](O)[C@H](O)[C@@H](O)[C@H]1O. The average molecular weight is 238 g/mol. The van der Waals surface area contributed by atoms with E-state index in [-0.39, 0.29) is 6.61 Å². The number of ether oxygens (including phenoxy) is 2. The molecule has 8 nitrogen and oxygen atoms in total. The van der Waals surface area contributed by atoms with E-state index in [1.54, 1.807) is 0 Å². The second-order valence-corrected chi connectivity index (χ2v) is 3.45. The van der Waals surface area contributed by atoms with Crippen LogP contribution in [0.15, 0.2) is 0 Å². The van der Waals surface area contributed by atoms with Gasteiger partial charge < -0.3 is 35.0 Å². The maximum Gasteiger partial charge on any atom is 0.329 e. The molecule has 0 aromatic rings. The van der Waals surface area contributed by atoms with Gasteiger partial charge in [0.2, 0.25) is 0 Å². The van der Waals surface area contributed by atoms with Crippen molar-refractivity contribution in [3.05, 3.63) is 0 Å². The standard InChI is InChI=1S/C8H14O8/c9-4(10)2-15-1-3-5(11)6(12)7(13)8(14)16-3/h3,5-8,11-14H,1-2H2,(H,9,10)/t3-,5+,6+,7-,8-/m1/s1. The fraction of sp³-hybridized carbons (Fsp3) is 0.875. The lowest BCUT2D eigenvalue weighted by atomic mass is 9.99. The molecule has 0 radical (unpaired) electrons. The van der Waals surface area contributed by atoms with Gasteiger partial charge in [0.05, 0.1) is 6.61 Å². The van der Waals surface area contributed by atoms with Crippen LogP contribution >= 0.6 is 0 Å². The molecule has 0 saturated carbocycles. The van der Waals surface area contributed by atoms with Gasteiger partial charge in [0, 0.05) is 0 Å². The monoisotopic (exact) mass is 238 g/mol. The minimum Gasteiger partial charge on any atom is -0.480 e. The molecule has 1 fully saturated rings. The summed E-state index contributed by atoms with van der Waals surface area (Å²) in [5, 5.41) is 45.2. The normalized spacial score (nSPS) is 39.6. The van der Waals surface area contributed by atoms with Crippen LogP contribution in [0, 0.1) is 0 Å². The van der Waals surface area contributed by atoms with Crippen LogP contribution in [0.4, 0.5) is 0 Å². The fourth-order valence-corrected chi connectivity index (χ4v) is 1.33. The Labute approximate surface area is 90.6 Å². The zero-order valence-corrected chi connectivity index (χ0v) is 8.26. The van der Waals surface area contributed by atoms with Crippen LogP contribution in [0.2, 0.25) is 0 Å². The number of aliphatic hydroxyl groups excluding tert-OH is 4. The molecule has 0 spiro atoms. The van der Waals surface area contributed by atoms with Gasteiger partial charge in [-0.3, -0.25) is 0 Å². The lowest BCUT2D eigenvalue weighted by Gasteiger charge is -2.38. The number of carboxylic acids is 1. The largest absolute Gasteiger partial charge is 0.480 e. The third kappa shape index (κ3) is 3.11. The molecule has 1 aliphatic rings. The molecule has 94 valence electrons. The Morgan fingerprint density at radius 1 is 1.12 bits per heavy atom. The van der Waals surface area contributed by atoms with Crippen molar-refractivity contribution in [1.82, 2.24) is 0 Å². The van der Waals surface area contributed by atoms with Crippen LogP contribution in [0.5, 0.6) is 0 Å². The quantitative estimate of drug-likeness (QED) is 0.347. The van der Waals surface area contributed by atoms with Crippen molar-refractivity contribution in [1.29, 1.82) is 0 Å². The number of carbonyl (C=O) groups is 1. The summed E-state index contributed by atoms with van der Waals surface area (Å²) in [4.78, 5) is 10.1. The third-order valence-corrected chi connectivity index (χ3v) is 2.19. The zero-order chi connectivity index (χ0) is 12.3. The van der Waals surface area contributed by atoms with Crippen LogP contribution in [0.25, 0.3) is 0 Å². The topological polar surface area (TPSA) is 137 Å². The Morgan fingerprint density at radius 3 is 2.31 bits per heavy atom. The Balaban J connectivity index is 2.44. The Kier molecular flexibility index (Phi) is 4.59. The number of aliphatic carboxylic acids is 1. The van der Waals surface area contributed by atoms with Crippen LogP contribution in [0.3, 0.4) is 0 Å². The molecule has 16 heavy (non-hydrogen) atoms. The maximum absolute atomic E-state index is 10.1. The summed E-state index contributed by atoms with van der Waals surface area (Å²) in [5.41, 5.74) is 0. The van der Waals surface area contributed by atoms with Crippen molar-refractivity contribution in [3.63, 3.8) is 0 Å². The summed E-state index contributed by atoms with van der Waals surface area (Å²) >= 11 is 0. The summed E-state index contributed by atoms with van der Waals surface area (Å²) < 4.78 is 9.39. The van der Waals surface area contributed by atoms with E-state index < -0.39 is 43.3 Å². The van der Waals surface area contributed by atoms with Crippen molar-refractivity contribution in [2.75, 3.05) is 13.2 Å². The summed E-state index contributed by atoms with van der Waals surface area (Å²) in [6, 6.07) is 0. The smallest absolute Gasteiger partial charge is 0.329 e. The summed E-state index contributed by atoms with van der Waals surface area (Å²) in [5.74, 6) is -1.19. The highest BCUT2D eigenvalue weighted by Crippen LogP contribution is 2.19. The molecule has 0 bridgehead atoms. The van der Waals surface area contributed by atoms with E-state index >= 15 is 0 Å². The maximum atomic E-state index is 10.1. The zero-order valence-electron chi connectivity index (χ0n) is 8.26. The number of carboxylic acid groups (broad SMARTS) is 1. The van der Waals surface area contributed by atoms with Gasteiger partial charge in [0.15, 0.2) is 6.29 Å². The van der Waals surface area contributed by atoms with Crippen molar-refractivity contribution in [2.24, 2.45) is 0 Å². The van der Waals surface area contributed by atoms with Crippen LogP contribution in [-0.2, 0) is 14.3 Å². The van der Waals surface area contributed by atoms with Crippen molar-refractivity contribution in [2.45, 2.75) is 30.7 Å². The lowest BCUT2D eigenvalue weighted by Crippen LogP contribution is -2.58. The Bertz CT molecular complexity index is 244. The van der Waals surface area contributed by atoms with Gasteiger partial charge in [0.25, 0.3) is 0 Å². The van der Waals surface area contributed by atoms with E-state index in [1.807, 2.05) is 0 Å². The van der Waals surface area contributed by atoms with Gasteiger partial charge in [-0.05, 0) is 0 Å². The molecule has 1 heterocycles. The van der Waals surface area contributed by atoms with E-state index in [2.05, 4.69) is 4.74 Å². The molecule has 0 aromatic heterocycles. The molecule has 5 N–H and O–H groups in total. The van der Waals surface area contributed by atoms with Gasteiger partial charge in [-0.2, -0.15) is 0 Å². The second kappa shape index (κ2) is 5.53. The average Bonchev–Trinajstić information content (AvgIpc) is 2.22. The highest BCUT2D eigenvalue weighted by atomic mass is 16.6. The predicted octanol–water partition coefficient (Wildman–Crippen LogP) is -3.11. The molecule has 0 aliphatic carbocycles. The number of hydrogen-bond acceptors (Lipinski definition) is 7. The summed E-state index contributed by atoms with van der Waals surface area (Å²) in [6.07, 6.45) is -7.36. The Hall–Kier alpha value is -0.770. The van der Waals surface area contributed by atoms with E-state index in [0.717, 1.165) is 0 Å². The van der Waals surface area contributed by atoms with Gasteiger partial charge in [0.1, 0.15) is 31.0 Å². The van der Waals surface area contributed by atoms with Crippen molar-refractivity contribution < 1.29 is 39.8 Å². The number of rotatable bonds is 4. The first-order chi connectivity index (χ1) is 7.43. The molecule has 1 aliphatic heterocycles. The summed E-state index contributed by atoms with van der Waals surface area (Å²) in [6.45, 7) is -0.893. The summed E-state index contributed by atoms with van der Waals surface area (Å²) in [7, 11) is 0. The van der Waals surface area contributed by atoms with Crippen LogP contribution in [0.1, 0.15) is 0 Å². The van der Waals surface area contributed by atoms with Crippen LogP contribution < -0.4 is 0 Å². The highest BCUT2D eigenvalue weighted by Gasteiger charge is 2.42. The molecule has 0 aromatic carbocycles. The van der Waals surface area contributed by atoms with Gasteiger partial charge >= 0.3 is 5.97 Å². The van der Waals surface area contributed by atoms with Gasteiger partial charge in [-0.1, -0.05) is 0 Å². The van der Waals surface area contributed by atoms with Gasteiger partial charge in [-0.25, -0.2) is 4.79 Å². The first-order valence-corrected chi connectivity index (χ1v) is 4.60. The van der Waals surface area contributed by atoms with Crippen LogP contribution in [-0.4, -0.2) is 75.4 Å². The predicted molar refractivity (Wildman–Crippen MR) is 47.4 cm³/mol. The molecule has 5 atom stereocenters.